The Morgan fingerprint density at radius 2 is 1.74 bits per heavy atom. The summed E-state index contributed by atoms with van der Waals surface area (Å²) >= 11 is 6.58. The minimum atomic E-state index is -3.66. The van der Waals surface area contributed by atoms with Crippen LogP contribution >= 0.6 is 31.9 Å². The molecule has 0 spiro atoms. The normalized spacial score (nSPS) is 14.1. The molecule has 0 atom stereocenters. The molecular formula is C25H17Br2N3O4S. The lowest BCUT2D eigenvalue weighted by atomic mass is 10.1. The van der Waals surface area contributed by atoms with Crippen LogP contribution in [0.25, 0.3) is 10.8 Å². The number of carbonyl (C=O) groups excluding carboxylic acids is 1. The topological polar surface area (TPSA) is 99.1 Å². The number of rotatable bonds is 5. The van der Waals surface area contributed by atoms with Crippen molar-refractivity contribution < 1.29 is 18.3 Å². The third-order valence-electron chi connectivity index (χ3n) is 5.65. The fourth-order valence-electron chi connectivity index (χ4n) is 3.97. The van der Waals surface area contributed by atoms with E-state index < -0.39 is 15.9 Å². The summed E-state index contributed by atoms with van der Waals surface area (Å²) in [6, 6.07) is 20.8. The zero-order valence-electron chi connectivity index (χ0n) is 17.9. The summed E-state index contributed by atoms with van der Waals surface area (Å²) in [4.78, 5) is 12.8. The first-order valence-corrected chi connectivity index (χ1v) is 13.4. The molecule has 10 heteroatoms. The summed E-state index contributed by atoms with van der Waals surface area (Å²) in [7, 11) is -3.66. The number of nitrogens with zero attached hydrogens (tertiary/aromatic N) is 2. The van der Waals surface area contributed by atoms with Gasteiger partial charge in [-0.15, -0.1) is 0 Å². The number of hydrogen-bond donors (Lipinski definition) is 2. The molecule has 2 N–H and O–H groups in total. The lowest BCUT2D eigenvalue weighted by Crippen LogP contribution is -2.26. The molecule has 176 valence electrons. The van der Waals surface area contributed by atoms with Gasteiger partial charge in [0.05, 0.1) is 27.8 Å². The average molecular weight is 615 g/mol. The van der Waals surface area contributed by atoms with Gasteiger partial charge in [-0.25, -0.2) is 13.8 Å². The molecule has 0 unspecified atom stereocenters. The van der Waals surface area contributed by atoms with Crippen LogP contribution in [0.1, 0.15) is 21.5 Å². The van der Waals surface area contributed by atoms with Crippen LogP contribution < -0.4 is 9.73 Å². The molecule has 5 rings (SSSR count). The molecule has 0 saturated carbocycles. The molecule has 7 nitrogen and oxygen atoms in total. The average Bonchev–Trinajstić information content (AvgIpc) is 3.05. The smallest absolute Gasteiger partial charge is 0.271 e. The van der Waals surface area contributed by atoms with Crippen molar-refractivity contribution in [3.05, 3.63) is 98.4 Å². The van der Waals surface area contributed by atoms with Gasteiger partial charge in [0.15, 0.2) is 0 Å². The molecular weight excluding hydrogens is 598 g/mol. The second-order valence-corrected chi connectivity index (χ2v) is 11.5. The molecule has 1 amide bonds. The number of sulfonamides is 1. The van der Waals surface area contributed by atoms with Crippen LogP contribution in [0.3, 0.4) is 0 Å². The van der Waals surface area contributed by atoms with Gasteiger partial charge in [0.1, 0.15) is 5.75 Å². The van der Waals surface area contributed by atoms with Gasteiger partial charge in [-0.1, -0.05) is 52.3 Å². The molecule has 4 aromatic carbocycles. The van der Waals surface area contributed by atoms with Crippen molar-refractivity contribution >= 4 is 70.5 Å². The fraction of sp³-hybridized carbons (Fsp3) is 0.0400. The van der Waals surface area contributed by atoms with Crippen molar-refractivity contribution in [1.82, 2.24) is 5.43 Å². The highest BCUT2D eigenvalue weighted by molar-refractivity contribution is 9.11. The Bertz CT molecular complexity index is 1620. The van der Waals surface area contributed by atoms with E-state index in [2.05, 4.69) is 42.4 Å². The Morgan fingerprint density at radius 3 is 2.49 bits per heavy atom. The predicted molar refractivity (Wildman–Crippen MR) is 142 cm³/mol. The molecule has 1 heterocycles. The van der Waals surface area contributed by atoms with Crippen molar-refractivity contribution in [2.24, 2.45) is 5.10 Å². The number of hydrogen-bond acceptors (Lipinski definition) is 5. The Labute approximate surface area is 218 Å². The maximum atomic E-state index is 13.2. The maximum absolute atomic E-state index is 13.2. The van der Waals surface area contributed by atoms with Gasteiger partial charge in [-0.05, 0) is 63.3 Å². The summed E-state index contributed by atoms with van der Waals surface area (Å²) in [5.41, 5.74) is 4.60. The van der Waals surface area contributed by atoms with Crippen molar-refractivity contribution in [1.29, 1.82) is 0 Å². The van der Waals surface area contributed by atoms with Gasteiger partial charge in [0.25, 0.3) is 15.9 Å². The first kappa shape index (κ1) is 23.5. The molecule has 0 bridgehead atoms. The Morgan fingerprint density at radius 1 is 1.03 bits per heavy atom. The molecule has 0 radical (unpaired) electrons. The second kappa shape index (κ2) is 9.10. The van der Waals surface area contributed by atoms with Gasteiger partial charge in [-0.3, -0.25) is 9.10 Å². The van der Waals surface area contributed by atoms with E-state index in [1.165, 1.54) is 10.5 Å². The van der Waals surface area contributed by atoms with E-state index in [1.807, 2.05) is 18.2 Å². The van der Waals surface area contributed by atoms with Crippen LogP contribution in [-0.4, -0.2) is 25.6 Å². The molecule has 0 saturated heterocycles. The zero-order valence-corrected chi connectivity index (χ0v) is 21.9. The van der Waals surface area contributed by atoms with Gasteiger partial charge in [0.2, 0.25) is 0 Å². The highest BCUT2D eigenvalue weighted by atomic mass is 79.9. The van der Waals surface area contributed by atoms with Crippen LogP contribution in [0, 0.1) is 0 Å². The van der Waals surface area contributed by atoms with E-state index in [9.17, 15) is 18.3 Å². The lowest BCUT2D eigenvalue weighted by Gasteiger charge is -2.19. The van der Waals surface area contributed by atoms with Crippen molar-refractivity contribution in [3.63, 3.8) is 0 Å². The number of amides is 1. The Hall–Kier alpha value is -3.21. The molecule has 0 aromatic heterocycles. The molecule has 0 fully saturated rings. The molecule has 1 aliphatic rings. The van der Waals surface area contributed by atoms with Gasteiger partial charge >= 0.3 is 0 Å². The number of phenolic OH excluding ortho intramolecular Hbond substituents is 1. The summed E-state index contributed by atoms with van der Waals surface area (Å²) in [6.45, 7) is 0.146. The highest BCUT2D eigenvalue weighted by Gasteiger charge is 2.35. The van der Waals surface area contributed by atoms with E-state index >= 15 is 0 Å². The molecule has 0 aliphatic carbocycles. The number of hydrazone groups is 1. The predicted octanol–water partition coefficient (Wildman–Crippen LogP) is 5.54. The minimum absolute atomic E-state index is 0.00487. The minimum Gasteiger partial charge on any atom is -0.506 e. The van der Waals surface area contributed by atoms with Crippen LogP contribution in [0.15, 0.2) is 91.7 Å². The van der Waals surface area contributed by atoms with Crippen LogP contribution in [0.2, 0.25) is 0 Å². The quantitative estimate of drug-likeness (QED) is 0.228. The fourth-order valence-corrected chi connectivity index (χ4v) is 6.92. The van der Waals surface area contributed by atoms with E-state index in [-0.39, 0.29) is 12.3 Å². The number of anilines is 1. The standard InChI is InChI=1S/C25H17Br2N3O4S/c26-19-11-18(24(31)20(27)12-19)13-28-29-25(32)17-9-7-15(8-10-17)14-30-21-5-1-3-16-4-2-6-22(23(16)21)35(30,33)34/h1-13,31H,14H2,(H,29,32). The second-order valence-electron chi connectivity index (χ2n) is 7.86. The first-order chi connectivity index (χ1) is 16.8. The van der Waals surface area contributed by atoms with Gasteiger partial charge in [-0.2, -0.15) is 5.10 Å². The number of aromatic hydroxyl groups is 1. The van der Waals surface area contributed by atoms with Crippen LogP contribution in [-0.2, 0) is 16.6 Å². The third kappa shape index (κ3) is 4.33. The van der Waals surface area contributed by atoms with Crippen molar-refractivity contribution in [2.45, 2.75) is 11.4 Å². The molecule has 1 aliphatic heterocycles. The first-order valence-electron chi connectivity index (χ1n) is 10.4. The third-order valence-corrected chi connectivity index (χ3v) is 8.52. The number of carbonyl (C=O) groups is 1. The lowest BCUT2D eigenvalue weighted by molar-refractivity contribution is 0.0955. The Balaban J connectivity index is 1.31. The summed E-state index contributed by atoms with van der Waals surface area (Å²) < 4.78 is 29.0. The summed E-state index contributed by atoms with van der Waals surface area (Å²) in [5.74, 6) is -0.433. The van der Waals surface area contributed by atoms with E-state index in [4.69, 9.17) is 0 Å². The largest absolute Gasteiger partial charge is 0.506 e. The van der Waals surface area contributed by atoms with Crippen LogP contribution in [0.4, 0.5) is 5.69 Å². The summed E-state index contributed by atoms with van der Waals surface area (Å²) in [5, 5.41) is 15.6. The highest BCUT2D eigenvalue weighted by Crippen LogP contribution is 2.42. The van der Waals surface area contributed by atoms with E-state index in [1.54, 1.807) is 54.6 Å². The van der Waals surface area contributed by atoms with Crippen molar-refractivity contribution in [3.8, 4) is 5.75 Å². The van der Waals surface area contributed by atoms with Gasteiger partial charge in [0, 0.05) is 21.0 Å². The summed E-state index contributed by atoms with van der Waals surface area (Å²) in [6.07, 6.45) is 1.34. The van der Waals surface area contributed by atoms with E-state index in [0.717, 1.165) is 20.8 Å². The number of halogens is 2. The number of phenols is 1. The number of benzene rings is 4. The Kier molecular flexibility index (Phi) is 6.12. The molecule has 35 heavy (non-hydrogen) atoms. The monoisotopic (exact) mass is 613 g/mol. The van der Waals surface area contributed by atoms with E-state index in [0.29, 0.717) is 26.2 Å². The number of nitrogens with one attached hydrogen (secondary N) is 1. The molecule has 4 aromatic rings. The SMILES string of the molecule is O=C(NN=Cc1cc(Br)cc(Br)c1O)c1ccc(CN2c3cccc4cccc(c34)S2(=O)=O)cc1. The van der Waals surface area contributed by atoms with Crippen molar-refractivity contribution in [2.75, 3.05) is 4.31 Å². The van der Waals surface area contributed by atoms with Gasteiger partial charge < -0.3 is 5.11 Å². The van der Waals surface area contributed by atoms with Crippen LogP contribution in [0.5, 0.6) is 5.75 Å². The zero-order chi connectivity index (χ0) is 24.7. The maximum Gasteiger partial charge on any atom is 0.271 e.